The number of esters is 1. The van der Waals surface area contributed by atoms with Gasteiger partial charge in [-0.2, -0.15) is 0 Å². The van der Waals surface area contributed by atoms with Gasteiger partial charge in [0.1, 0.15) is 0 Å². The number of rotatable bonds is 9. The molecule has 0 radical (unpaired) electrons. The number of hydrogen-bond donors (Lipinski definition) is 1. The van der Waals surface area contributed by atoms with Gasteiger partial charge in [0.05, 0.1) is 12.2 Å². The fraction of sp³-hybridized carbons (Fsp3) is 0.696. The van der Waals surface area contributed by atoms with Gasteiger partial charge in [0.2, 0.25) is 0 Å². The summed E-state index contributed by atoms with van der Waals surface area (Å²) in [4.78, 5) is 15.9. The van der Waals surface area contributed by atoms with E-state index in [0.29, 0.717) is 12.2 Å². The standard InChI is InChI=1S/C21H35NO2.C2H6/c1-7-11-21(12-8-2,13-9-3)15-24-20(23)17-14-22-18(10-4)19(17)16(5)6;1-2/h10,14,22H,7-9,11-13,15H2,1-6H3;1-2H3/b18-10+;. The summed E-state index contributed by atoms with van der Waals surface area (Å²) in [7, 11) is 0. The number of aromatic amines is 1. The van der Waals surface area contributed by atoms with E-state index in [4.69, 9.17) is 4.74 Å². The molecular formula is C23H41NO2. The predicted octanol–water partition coefficient (Wildman–Crippen LogP) is 5.58. The maximum absolute atomic E-state index is 12.7. The zero-order valence-corrected chi connectivity index (χ0v) is 18.4. The largest absolute Gasteiger partial charge is 0.461 e. The average Bonchev–Trinajstić information content (AvgIpc) is 3.06. The fourth-order valence-electron chi connectivity index (χ4n) is 3.85. The summed E-state index contributed by atoms with van der Waals surface area (Å²) in [6.07, 6.45) is 10.5. The predicted molar refractivity (Wildman–Crippen MR) is 114 cm³/mol. The van der Waals surface area contributed by atoms with Crippen molar-refractivity contribution in [2.75, 3.05) is 6.61 Å². The van der Waals surface area contributed by atoms with E-state index in [9.17, 15) is 4.79 Å². The van der Waals surface area contributed by atoms with Crippen LogP contribution in [0.2, 0.25) is 0 Å². The molecule has 0 fully saturated rings. The third-order valence-corrected chi connectivity index (χ3v) is 4.77. The van der Waals surface area contributed by atoms with Gasteiger partial charge in [-0.3, -0.25) is 0 Å². The van der Waals surface area contributed by atoms with Gasteiger partial charge in [-0.15, -0.1) is 0 Å². The van der Waals surface area contributed by atoms with Crippen LogP contribution >= 0.6 is 0 Å². The van der Waals surface area contributed by atoms with Gasteiger partial charge < -0.3 is 9.72 Å². The minimum atomic E-state index is -0.205. The minimum absolute atomic E-state index is 0.134. The van der Waals surface area contributed by atoms with Crippen LogP contribution in [0.25, 0.3) is 11.6 Å². The second-order valence-corrected chi connectivity index (χ2v) is 7.11. The van der Waals surface area contributed by atoms with Crippen molar-refractivity contribution in [1.82, 2.24) is 4.98 Å². The molecule has 0 atom stereocenters. The minimum Gasteiger partial charge on any atom is -0.461 e. The summed E-state index contributed by atoms with van der Waals surface area (Å²) in [5.41, 5.74) is 1.91. The van der Waals surface area contributed by atoms with Crippen LogP contribution in [-0.4, -0.2) is 17.6 Å². The van der Waals surface area contributed by atoms with E-state index < -0.39 is 0 Å². The highest BCUT2D eigenvalue weighted by Crippen LogP contribution is 2.35. The van der Waals surface area contributed by atoms with Gasteiger partial charge in [0.15, 0.2) is 0 Å². The Balaban J connectivity index is 0.00000301. The first-order chi connectivity index (χ1) is 12.4. The molecule has 0 saturated heterocycles. The van der Waals surface area contributed by atoms with Crippen LogP contribution in [0.1, 0.15) is 104 Å². The van der Waals surface area contributed by atoms with E-state index in [-0.39, 0.29) is 11.4 Å². The molecule has 150 valence electrons. The van der Waals surface area contributed by atoms with Crippen molar-refractivity contribution in [2.45, 2.75) is 93.9 Å². The number of carbonyl (C=O) groups is 1. The number of H-pyrrole nitrogens is 1. The van der Waals surface area contributed by atoms with Crippen molar-refractivity contribution in [2.24, 2.45) is 5.41 Å². The molecule has 0 aliphatic rings. The Kier molecular flexibility index (Phi) is 12.0. The van der Waals surface area contributed by atoms with E-state index in [1.54, 1.807) is 6.20 Å². The van der Waals surface area contributed by atoms with E-state index in [2.05, 4.69) is 25.8 Å². The lowest BCUT2D eigenvalue weighted by atomic mass is 9.76. The first-order valence-electron chi connectivity index (χ1n) is 10.4. The van der Waals surface area contributed by atoms with Crippen molar-refractivity contribution in [3.63, 3.8) is 0 Å². The zero-order valence-electron chi connectivity index (χ0n) is 18.4. The van der Waals surface area contributed by atoms with Gasteiger partial charge in [0.25, 0.3) is 0 Å². The highest BCUT2D eigenvalue weighted by Gasteiger charge is 2.29. The molecule has 0 spiro atoms. The molecule has 0 aliphatic heterocycles. The topological polar surface area (TPSA) is 42.1 Å². The summed E-state index contributed by atoms with van der Waals surface area (Å²) in [5.74, 6) is -0.205. The molecular weight excluding hydrogens is 322 g/mol. The molecule has 1 aromatic rings. The molecule has 0 saturated carbocycles. The molecule has 0 bridgehead atoms. The lowest BCUT2D eigenvalue weighted by Gasteiger charge is -2.32. The molecule has 1 rings (SSSR count). The summed E-state index contributed by atoms with van der Waals surface area (Å²) >= 11 is 0. The number of ether oxygens (including phenoxy) is 1. The SMILES string of the molecule is C/C=c1/[nH]cc(C(=O)OCC(CCC)(CCC)CCC)c1=C(C)C.CC. The fourth-order valence-corrected chi connectivity index (χ4v) is 3.85. The Hall–Kier alpha value is -1.51. The zero-order chi connectivity index (χ0) is 20.2. The summed E-state index contributed by atoms with van der Waals surface area (Å²) < 4.78 is 5.81. The highest BCUT2D eigenvalue weighted by atomic mass is 16.5. The van der Waals surface area contributed by atoms with Gasteiger partial charge >= 0.3 is 5.97 Å². The second-order valence-electron chi connectivity index (χ2n) is 7.11. The molecule has 0 aliphatic carbocycles. The quantitative estimate of drug-likeness (QED) is 0.582. The Morgan fingerprint density at radius 1 is 1.08 bits per heavy atom. The number of nitrogens with one attached hydrogen (secondary N) is 1. The van der Waals surface area contributed by atoms with E-state index >= 15 is 0 Å². The molecule has 1 aromatic heterocycles. The average molecular weight is 364 g/mol. The second kappa shape index (κ2) is 12.8. The monoisotopic (exact) mass is 363 g/mol. The van der Waals surface area contributed by atoms with Crippen LogP contribution in [0.5, 0.6) is 0 Å². The van der Waals surface area contributed by atoms with E-state index in [1.807, 2.05) is 40.7 Å². The van der Waals surface area contributed by atoms with Crippen molar-refractivity contribution in [3.05, 3.63) is 22.3 Å². The Bertz CT molecular complexity index is 619. The third-order valence-electron chi connectivity index (χ3n) is 4.77. The lowest BCUT2D eigenvalue weighted by Crippen LogP contribution is -2.32. The molecule has 26 heavy (non-hydrogen) atoms. The van der Waals surface area contributed by atoms with Gasteiger partial charge in [-0.25, -0.2) is 4.79 Å². The number of hydrogen-bond acceptors (Lipinski definition) is 2. The molecule has 1 N–H and O–H groups in total. The molecule has 0 amide bonds. The number of aromatic nitrogens is 1. The van der Waals surface area contributed by atoms with Crippen molar-refractivity contribution >= 4 is 17.6 Å². The molecule has 3 nitrogen and oxygen atoms in total. The highest BCUT2D eigenvalue weighted by molar-refractivity contribution is 5.90. The summed E-state index contributed by atoms with van der Waals surface area (Å²) in [6.45, 7) is 17.2. The molecule has 3 heteroatoms. The normalized spacial score (nSPS) is 11.8. The first-order valence-corrected chi connectivity index (χ1v) is 10.4. The Labute approximate surface area is 160 Å². The smallest absolute Gasteiger partial charge is 0.340 e. The van der Waals surface area contributed by atoms with Crippen LogP contribution in [-0.2, 0) is 4.74 Å². The summed E-state index contributed by atoms with van der Waals surface area (Å²) in [5, 5.41) is 1.97. The molecule has 0 unspecified atom stereocenters. The van der Waals surface area contributed by atoms with Crippen molar-refractivity contribution < 1.29 is 9.53 Å². The Morgan fingerprint density at radius 2 is 1.58 bits per heavy atom. The number of carbonyl (C=O) groups excluding carboxylic acids is 1. The Morgan fingerprint density at radius 3 is 1.96 bits per heavy atom. The molecule has 0 aromatic carbocycles. The summed E-state index contributed by atoms with van der Waals surface area (Å²) in [6, 6.07) is 0. The van der Waals surface area contributed by atoms with Crippen LogP contribution in [0.4, 0.5) is 0 Å². The maximum Gasteiger partial charge on any atom is 0.340 e. The lowest BCUT2D eigenvalue weighted by molar-refractivity contribution is 0.0199. The molecule has 1 heterocycles. The van der Waals surface area contributed by atoms with Crippen LogP contribution in [0, 0.1) is 5.41 Å². The maximum atomic E-state index is 12.7. The van der Waals surface area contributed by atoms with Crippen molar-refractivity contribution in [3.8, 4) is 0 Å². The van der Waals surface area contributed by atoms with Gasteiger partial charge in [-0.05, 0) is 40.0 Å². The van der Waals surface area contributed by atoms with Crippen molar-refractivity contribution in [1.29, 1.82) is 0 Å². The van der Waals surface area contributed by atoms with E-state index in [0.717, 1.165) is 54.7 Å². The van der Waals surface area contributed by atoms with Gasteiger partial charge in [0, 0.05) is 22.2 Å². The van der Waals surface area contributed by atoms with E-state index in [1.165, 1.54) is 0 Å². The third kappa shape index (κ3) is 6.66. The first kappa shape index (κ1) is 24.5. The van der Waals surface area contributed by atoms with Crippen LogP contribution in [0.15, 0.2) is 6.20 Å². The van der Waals surface area contributed by atoms with Crippen LogP contribution in [0.3, 0.4) is 0 Å². The van der Waals surface area contributed by atoms with Crippen LogP contribution < -0.4 is 10.6 Å². The van der Waals surface area contributed by atoms with Gasteiger partial charge in [-0.1, -0.05) is 65.5 Å².